The molecule has 2 N–H and O–H groups in total. The molecule has 15 heavy (non-hydrogen) atoms. The molecule has 0 radical (unpaired) electrons. The quantitative estimate of drug-likeness (QED) is 0.812. The Morgan fingerprint density at radius 1 is 1.40 bits per heavy atom. The minimum absolute atomic E-state index is 0.618. The number of benzene rings is 1. The topological polar surface area (TPSA) is 29.3 Å². The van der Waals surface area contributed by atoms with Gasteiger partial charge in [0.15, 0.2) is 0 Å². The van der Waals surface area contributed by atoms with Crippen LogP contribution in [0.1, 0.15) is 30.0 Å². The van der Waals surface area contributed by atoms with Gasteiger partial charge in [-0.3, -0.25) is 4.90 Å². The molecule has 1 atom stereocenters. The van der Waals surface area contributed by atoms with Gasteiger partial charge in [-0.25, -0.2) is 0 Å². The molecule has 2 nitrogen and oxygen atoms in total. The van der Waals surface area contributed by atoms with Crippen LogP contribution >= 0.6 is 0 Å². The van der Waals surface area contributed by atoms with Gasteiger partial charge in [0, 0.05) is 6.04 Å². The molecule has 0 fully saturated rings. The zero-order valence-corrected chi connectivity index (χ0v) is 9.45. The predicted octanol–water partition coefficient (Wildman–Crippen LogP) is 1.95. The Morgan fingerprint density at radius 2 is 2.20 bits per heavy atom. The molecule has 82 valence electrons. The molecule has 1 aliphatic rings. The molecule has 0 spiro atoms. The standard InChI is InChI=1S/C13H20N2/c1-15(10-4-9-14)13-8-7-11-5-2-3-6-12(11)13/h2-3,5-6,13H,4,7-10,14H2,1H3. The molecule has 2 heteroatoms. The Hall–Kier alpha value is -0.860. The summed E-state index contributed by atoms with van der Waals surface area (Å²) in [6.07, 6.45) is 3.59. The van der Waals surface area contributed by atoms with Crippen LogP contribution in [0.3, 0.4) is 0 Å². The minimum Gasteiger partial charge on any atom is -0.330 e. The number of hydrogen-bond acceptors (Lipinski definition) is 2. The fraction of sp³-hybridized carbons (Fsp3) is 0.538. The van der Waals surface area contributed by atoms with E-state index in [1.807, 2.05) is 0 Å². The summed E-state index contributed by atoms with van der Waals surface area (Å²) in [6.45, 7) is 1.90. The lowest BCUT2D eigenvalue weighted by molar-refractivity contribution is 0.243. The fourth-order valence-corrected chi connectivity index (χ4v) is 2.49. The second-order valence-electron chi connectivity index (χ2n) is 4.38. The lowest BCUT2D eigenvalue weighted by atomic mass is 10.1. The number of aryl methyl sites for hydroxylation is 1. The molecule has 1 unspecified atom stereocenters. The van der Waals surface area contributed by atoms with Gasteiger partial charge in [-0.1, -0.05) is 24.3 Å². The Balaban J connectivity index is 2.06. The highest BCUT2D eigenvalue weighted by molar-refractivity contribution is 5.34. The van der Waals surface area contributed by atoms with Crippen molar-refractivity contribution < 1.29 is 0 Å². The minimum atomic E-state index is 0.618. The predicted molar refractivity (Wildman–Crippen MR) is 63.8 cm³/mol. The highest BCUT2D eigenvalue weighted by atomic mass is 15.1. The molecule has 0 heterocycles. The zero-order chi connectivity index (χ0) is 10.7. The second kappa shape index (κ2) is 4.77. The third kappa shape index (κ3) is 2.21. The van der Waals surface area contributed by atoms with Crippen LogP contribution in [0.2, 0.25) is 0 Å². The van der Waals surface area contributed by atoms with E-state index < -0.39 is 0 Å². The van der Waals surface area contributed by atoms with E-state index in [4.69, 9.17) is 5.73 Å². The van der Waals surface area contributed by atoms with Gasteiger partial charge in [0.1, 0.15) is 0 Å². The monoisotopic (exact) mass is 204 g/mol. The first kappa shape index (κ1) is 10.7. The first-order valence-corrected chi connectivity index (χ1v) is 5.81. The number of hydrogen-bond donors (Lipinski definition) is 1. The molecular weight excluding hydrogens is 184 g/mol. The largest absolute Gasteiger partial charge is 0.330 e. The van der Waals surface area contributed by atoms with Gasteiger partial charge in [-0.05, 0) is 50.5 Å². The highest BCUT2D eigenvalue weighted by Gasteiger charge is 2.24. The van der Waals surface area contributed by atoms with Crippen molar-refractivity contribution in [2.24, 2.45) is 5.73 Å². The molecule has 0 saturated carbocycles. The first-order valence-electron chi connectivity index (χ1n) is 5.81. The van der Waals surface area contributed by atoms with Crippen molar-refractivity contribution in [3.8, 4) is 0 Å². The van der Waals surface area contributed by atoms with E-state index in [2.05, 4.69) is 36.2 Å². The normalized spacial score (nSPS) is 19.5. The number of nitrogens with two attached hydrogens (primary N) is 1. The van der Waals surface area contributed by atoms with Crippen LogP contribution in [0.5, 0.6) is 0 Å². The molecule has 0 saturated heterocycles. The smallest absolute Gasteiger partial charge is 0.0350 e. The maximum Gasteiger partial charge on any atom is 0.0350 e. The summed E-state index contributed by atoms with van der Waals surface area (Å²) in [5, 5.41) is 0. The molecule has 1 aromatic carbocycles. The van der Waals surface area contributed by atoms with Crippen molar-refractivity contribution >= 4 is 0 Å². The van der Waals surface area contributed by atoms with E-state index in [1.54, 1.807) is 0 Å². The zero-order valence-electron chi connectivity index (χ0n) is 9.45. The number of nitrogens with zero attached hydrogens (tertiary/aromatic N) is 1. The summed E-state index contributed by atoms with van der Waals surface area (Å²) in [5.41, 5.74) is 8.60. The molecule has 0 bridgehead atoms. The van der Waals surface area contributed by atoms with Gasteiger partial charge in [0.05, 0.1) is 0 Å². The average Bonchev–Trinajstić information content (AvgIpc) is 2.69. The Labute approximate surface area is 92.1 Å². The molecule has 2 rings (SSSR count). The Bertz CT molecular complexity index is 322. The van der Waals surface area contributed by atoms with Crippen LogP contribution < -0.4 is 5.73 Å². The number of rotatable bonds is 4. The molecule has 0 aromatic heterocycles. The van der Waals surface area contributed by atoms with E-state index in [-0.39, 0.29) is 0 Å². The molecule has 0 aliphatic heterocycles. The van der Waals surface area contributed by atoms with Crippen molar-refractivity contribution in [1.29, 1.82) is 0 Å². The van der Waals surface area contributed by atoms with Gasteiger partial charge < -0.3 is 5.73 Å². The lowest BCUT2D eigenvalue weighted by Gasteiger charge is -2.24. The Kier molecular flexibility index (Phi) is 3.39. The second-order valence-corrected chi connectivity index (χ2v) is 4.38. The third-order valence-electron chi connectivity index (χ3n) is 3.35. The van der Waals surface area contributed by atoms with E-state index >= 15 is 0 Å². The molecular formula is C13H20N2. The highest BCUT2D eigenvalue weighted by Crippen LogP contribution is 2.34. The van der Waals surface area contributed by atoms with Crippen LogP contribution in [-0.4, -0.2) is 25.0 Å². The van der Waals surface area contributed by atoms with Crippen LogP contribution in [-0.2, 0) is 6.42 Å². The van der Waals surface area contributed by atoms with Crippen LogP contribution in [0.4, 0.5) is 0 Å². The molecule has 0 amide bonds. The summed E-state index contributed by atoms with van der Waals surface area (Å²) < 4.78 is 0. The maximum atomic E-state index is 5.54. The summed E-state index contributed by atoms with van der Waals surface area (Å²) in [6, 6.07) is 9.43. The van der Waals surface area contributed by atoms with Crippen molar-refractivity contribution in [3.63, 3.8) is 0 Å². The van der Waals surface area contributed by atoms with E-state index in [0.717, 1.165) is 19.5 Å². The summed E-state index contributed by atoms with van der Waals surface area (Å²) in [4.78, 5) is 2.44. The van der Waals surface area contributed by atoms with Gasteiger partial charge in [0.2, 0.25) is 0 Å². The summed E-state index contributed by atoms with van der Waals surface area (Å²) in [7, 11) is 2.21. The summed E-state index contributed by atoms with van der Waals surface area (Å²) in [5.74, 6) is 0. The van der Waals surface area contributed by atoms with Crippen molar-refractivity contribution in [3.05, 3.63) is 35.4 Å². The van der Waals surface area contributed by atoms with Crippen LogP contribution in [0.15, 0.2) is 24.3 Å². The van der Waals surface area contributed by atoms with Gasteiger partial charge in [-0.2, -0.15) is 0 Å². The average molecular weight is 204 g/mol. The van der Waals surface area contributed by atoms with E-state index in [0.29, 0.717) is 6.04 Å². The van der Waals surface area contributed by atoms with Crippen LogP contribution in [0.25, 0.3) is 0 Å². The van der Waals surface area contributed by atoms with Crippen molar-refractivity contribution in [1.82, 2.24) is 4.90 Å². The van der Waals surface area contributed by atoms with E-state index in [9.17, 15) is 0 Å². The summed E-state index contributed by atoms with van der Waals surface area (Å²) >= 11 is 0. The molecule has 1 aromatic rings. The molecule has 1 aliphatic carbocycles. The van der Waals surface area contributed by atoms with Gasteiger partial charge in [-0.15, -0.1) is 0 Å². The van der Waals surface area contributed by atoms with Gasteiger partial charge >= 0.3 is 0 Å². The van der Waals surface area contributed by atoms with Crippen molar-refractivity contribution in [2.45, 2.75) is 25.3 Å². The van der Waals surface area contributed by atoms with Crippen molar-refractivity contribution in [2.75, 3.05) is 20.1 Å². The van der Waals surface area contributed by atoms with Crippen LogP contribution in [0, 0.1) is 0 Å². The van der Waals surface area contributed by atoms with Gasteiger partial charge in [0.25, 0.3) is 0 Å². The lowest BCUT2D eigenvalue weighted by Crippen LogP contribution is -2.25. The third-order valence-corrected chi connectivity index (χ3v) is 3.35. The Morgan fingerprint density at radius 3 is 3.00 bits per heavy atom. The van der Waals surface area contributed by atoms with E-state index in [1.165, 1.54) is 24.0 Å². The SMILES string of the molecule is CN(CCCN)C1CCc2ccccc21. The number of fused-ring (bicyclic) bond motifs is 1. The first-order chi connectivity index (χ1) is 7.33. The maximum absolute atomic E-state index is 5.54. The fourth-order valence-electron chi connectivity index (χ4n) is 2.49.